The molecule has 1 saturated heterocycles. The van der Waals surface area contributed by atoms with Crippen LogP contribution in [0.2, 0.25) is 0 Å². The van der Waals surface area contributed by atoms with Crippen LogP contribution in [0.25, 0.3) is 6.08 Å². The molecule has 1 amide bonds. The summed E-state index contributed by atoms with van der Waals surface area (Å²) >= 11 is 5.95. The molecule has 0 aliphatic carbocycles. The van der Waals surface area contributed by atoms with Crippen LogP contribution in [-0.4, -0.2) is 33.1 Å². The Hall–Kier alpha value is -2.45. The molecule has 0 bridgehead atoms. The van der Waals surface area contributed by atoms with Crippen molar-refractivity contribution in [1.29, 1.82) is 0 Å². The minimum atomic E-state index is -1.70. The number of nitrogens with zero attached hydrogens (tertiary/aromatic N) is 1. The van der Waals surface area contributed by atoms with Crippen LogP contribution in [-0.2, 0) is 14.4 Å². The van der Waals surface area contributed by atoms with Gasteiger partial charge in [0.05, 0.1) is 16.9 Å². The Bertz CT molecular complexity index is 785. The molecule has 1 aromatic carbocycles. The van der Waals surface area contributed by atoms with Crippen molar-refractivity contribution in [2.75, 3.05) is 0 Å². The van der Waals surface area contributed by atoms with Gasteiger partial charge < -0.3 is 19.8 Å². The van der Waals surface area contributed by atoms with Crippen LogP contribution in [0.4, 0.5) is 0 Å². The molecular weight excluding hydrogens is 362 g/mol. The third-order valence-corrected chi connectivity index (χ3v) is 4.65. The van der Waals surface area contributed by atoms with E-state index in [9.17, 15) is 24.6 Å². The van der Waals surface area contributed by atoms with Crippen LogP contribution in [0.5, 0.6) is 0 Å². The Labute approximate surface area is 153 Å². The summed E-state index contributed by atoms with van der Waals surface area (Å²) in [5.74, 6) is -3.96. The van der Waals surface area contributed by atoms with Crippen LogP contribution in [0.15, 0.2) is 46.9 Å². The highest BCUT2D eigenvalue weighted by atomic mass is 32.2. The molecule has 0 unspecified atom stereocenters. The first kappa shape index (κ1) is 18.9. The molecule has 2 rings (SSSR count). The molecule has 1 heterocycles. The number of carbonyl (C=O) groups excluding carboxylic acids is 3. The van der Waals surface area contributed by atoms with E-state index in [4.69, 9.17) is 12.2 Å². The number of allylic oxidation sites excluding steroid dienone is 2. The molecule has 0 N–H and O–H groups in total. The summed E-state index contributed by atoms with van der Waals surface area (Å²) in [5, 5.41) is 21.9. The van der Waals surface area contributed by atoms with Crippen molar-refractivity contribution < 1.29 is 24.6 Å². The summed E-state index contributed by atoms with van der Waals surface area (Å²) in [5.41, 5.74) is 1.70. The average molecular weight is 375 g/mol. The molecule has 0 saturated carbocycles. The first-order valence-corrected chi connectivity index (χ1v) is 8.43. The Morgan fingerprint density at radius 2 is 1.92 bits per heavy atom. The highest BCUT2D eigenvalue weighted by molar-refractivity contribution is 8.26. The second-order valence-electron chi connectivity index (χ2n) is 5.26. The molecule has 0 spiro atoms. The molecule has 1 aromatic rings. The number of aliphatic carboxylic acids is 2. The van der Waals surface area contributed by atoms with Crippen molar-refractivity contribution >= 4 is 52.2 Å². The fourth-order valence-corrected chi connectivity index (χ4v) is 3.65. The number of hydrogen-bond acceptors (Lipinski definition) is 7. The highest BCUT2D eigenvalue weighted by Gasteiger charge is 2.37. The number of carboxylic acids is 2. The van der Waals surface area contributed by atoms with Gasteiger partial charge in [-0.1, -0.05) is 60.4 Å². The minimum absolute atomic E-state index is 0.0285. The average Bonchev–Trinajstić information content (AvgIpc) is 2.79. The smallest absolute Gasteiger partial charge is 0.266 e. The maximum Gasteiger partial charge on any atom is 0.266 e. The third-order valence-electron chi connectivity index (χ3n) is 3.32. The molecule has 130 valence electrons. The lowest BCUT2D eigenvalue weighted by Crippen LogP contribution is -2.52. The number of amides is 1. The number of benzene rings is 1. The van der Waals surface area contributed by atoms with Gasteiger partial charge in [0.1, 0.15) is 4.32 Å². The first-order chi connectivity index (χ1) is 11.8. The highest BCUT2D eigenvalue weighted by Crippen LogP contribution is 2.34. The number of thiocarbonyl (C=S) groups is 1. The molecule has 1 aliphatic rings. The fourth-order valence-electron chi connectivity index (χ4n) is 2.25. The first-order valence-electron chi connectivity index (χ1n) is 7.20. The lowest BCUT2D eigenvalue weighted by molar-refractivity contribution is -0.319. The monoisotopic (exact) mass is 375 g/mol. The second-order valence-corrected chi connectivity index (χ2v) is 6.94. The maximum atomic E-state index is 12.4. The number of carbonyl (C=O) groups is 3. The molecule has 8 heteroatoms. The molecule has 1 atom stereocenters. The van der Waals surface area contributed by atoms with Crippen LogP contribution in [0.3, 0.4) is 0 Å². The normalized spacial score (nSPS) is 17.9. The second kappa shape index (κ2) is 8.09. The van der Waals surface area contributed by atoms with E-state index in [0.717, 1.165) is 27.8 Å². The van der Waals surface area contributed by atoms with Gasteiger partial charge in [-0.3, -0.25) is 9.69 Å². The third kappa shape index (κ3) is 4.77. The summed E-state index contributed by atoms with van der Waals surface area (Å²) in [6.07, 6.45) is 2.54. The van der Waals surface area contributed by atoms with E-state index in [0.29, 0.717) is 0 Å². The topological polar surface area (TPSA) is 101 Å². The minimum Gasteiger partial charge on any atom is -0.550 e. The van der Waals surface area contributed by atoms with Gasteiger partial charge in [-0.2, -0.15) is 0 Å². The predicted molar refractivity (Wildman–Crippen MR) is 93.6 cm³/mol. The SMILES string of the molecule is CC(/C=C1\SC(=S)N([C@@H](CC(=O)[O-])C(=O)[O-])C1=O)=C\c1ccccc1. The lowest BCUT2D eigenvalue weighted by Gasteiger charge is -2.27. The number of rotatable bonds is 6. The Kier molecular flexibility index (Phi) is 6.11. The lowest BCUT2D eigenvalue weighted by atomic mass is 10.1. The number of carboxylic acid groups (broad SMARTS) is 2. The largest absolute Gasteiger partial charge is 0.550 e. The van der Waals surface area contributed by atoms with Crippen LogP contribution in [0, 0.1) is 0 Å². The van der Waals surface area contributed by atoms with Gasteiger partial charge in [0.2, 0.25) is 0 Å². The zero-order valence-electron chi connectivity index (χ0n) is 13.1. The van der Waals surface area contributed by atoms with Gasteiger partial charge in [-0.25, -0.2) is 0 Å². The van der Waals surface area contributed by atoms with Crippen LogP contribution in [0.1, 0.15) is 18.9 Å². The van der Waals surface area contributed by atoms with Gasteiger partial charge in [-0.15, -0.1) is 0 Å². The van der Waals surface area contributed by atoms with Crippen LogP contribution < -0.4 is 10.2 Å². The van der Waals surface area contributed by atoms with E-state index < -0.39 is 30.3 Å². The predicted octanol–water partition coefficient (Wildman–Crippen LogP) is 0.0926. The Balaban J connectivity index is 2.26. The Morgan fingerprint density at radius 3 is 2.48 bits per heavy atom. The van der Waals surface area contributed by atoms with Gasteiger partial charge in [0, 0.05) is 12.4 Å². The maximum absolute atomic E-state index is 12.4. The van der Waals surface area contributed by atoms with Crippen molar-refractivity contribution in [3.8, 4) is 0 Å². The zero-order chi connectivity index (χ0) is 18.6. The summed E-state index contributed by atoms with van der Waals surface area (Å²) in [6, 6.07) is 7.74. The van der Waals surface area contributed by atoms with Crippen molar-refractivity contribution in [3.05, 3.63) is 52.4 Å². The van der Waals surface area contributed by atoms with E-state index in [1.807, 2.05) is 36.4 Å². The van der Waals surface area contributed by atoms with Gasteiger partial charge in [-0.05, 0) is 24.1 Å². The summed E-state index contributed by atoms with van der Waals surface area (Å²) in [6.45, 7) is 1.79. The zero-order valence-corrected chi connectivity index (χ0v) is 14.8. The number of hydrogen-bond donors (Lipinski definition) is 0. The van der Waals surface area contributed by atoms with E-state index in [-0.39, 0.29) is 9.23 Å². The Morgan fingerprint density at radius 1 is 1.28 bits per heavy atom. The summed E-state index contributed by atoms with van der Waals surface area (Å²) < 4.78 is -0.0285. The standard InChI is InChI=1S/C17H15NO5S2/c1-10(7-11-5-3-2-4-6-11)8-13-15(21)18(17(24)25-13)12(16(22)23)9-14(19)20/h2-8,12H,9H2,1H3,(H,19,20)(H,22,23)/p-2/b10-7+,13-8-/t12-/m0/s1. The molecule has 0 aromatic heterocycles. The molecule has 1 aliphatic heterocycles. The molecule has 1 fully saturated rings. The van der Waals surface area contributed by atoms with Gasteiger partial charge in [0.25, 0.3) is 5.91 Å². The summed E-state index contributed by atoms with van der Waals surface area (Å²) in [7, 11) is 0. The van der Waals surface area contributed by atoms with Crippen molar-refractivity contribution in [1.82, 2.24) is 4.90 Å². The van der Waals surface area contributed by atoms with Crippen molar-refractivity contribution in [2.24, 2.45) is 0 Å². The molecule has 6 nitrogen and oxygen atoms in total. The van der Waals surface area contributed by atoms with E-state index in [1.165, 1.54) is 0 Å². The van der Waals surface area contributed by atoms with Crippen molar-refractivity contribution in [2.45, 2.75) is 19.4 Å². The molecule has 25 heavy (non-hydrogen) atoms. The van der Waals surface area contributed by atoms with E-state index >= 15 is 0 Å². The number of thioether (sulfide) groups is 1. The van der Waals surface area contributed by atoms with Crippen LogP contribution >= 0.6 is 24.0 Å². The molecule has 0 radical (unpaired) electrons. The van der Waals surface area contributed by atoms with Gasteiger partial charge >= 0.3 is 0 Å². The van der Waals surface area contributed by atoms with Crippen molar-refractivity contribution in [3.63, 3.8) is 0 Å². The summed E-state index contributed by atoms with van der Waals surface area (Å²) in [4.78, 5) is 35.3. The van der Waals surface area contributed by atoms with E-state index in [1.54, 1.807) is 13.0 Å². The van der Waals surface area contributed by atoms with Gasteiger partial charge in [0.15, 0.2) is 0 Å². The van der Waals surface area contributed by atoms with E-state index in [2.05, 4.69) is 0 Å². The molecular formula is C17H13NO5S2-2. The quantitative estimate of drug-likeness (QED) is 0.513. The fraction of sp³-hybridized carbons (Fsp3) is 0.176.